The standard InChI is InChI=1S/C12H14N4O4/c1-3-6-16-7(4-5-8(17)18)13-10-9(16)11(19)14-12(20)15(10)2/h3H,1,4-6H2,2H3,(H,17,18)(H,14,19,20)/p-1. The van der Waals surface area contributed by atoms with Gasteiger partial charge in [0.25, 0.3) is 5.56 Å². The lowest BCUT2D eigenvalue weighted by molar-refractivity contribution is -0.305. The van der Waals surface area contributed by atoms with Gasteiger partial charge < -0.3 is 14.5 Å². The van der Waals surface area contributed by atoms with Crippen LogP contribution in [0.15, 0.2) is 22.2 Å². The largest absolute Gasteiger partial charge is 0.550 e. The molecule has 8 heteroatoms. The van der Waals surface area contributed by atoms with Gasteiger partial charge in [-0.1, -0.05) is 6.08 Å². The zero-order valence-electron chi connectivity index (χ0n) is 10.9. The van der Waals surface area contributed by atoms with Gasteiger partial charge in [0.15, 0.2) is 11.2 Å². The van der Waals surface area contributed by atoms with Crippen molar-refractivity contribution in [3.05, 3.63) is 39.3 Å². The molecule has 0 atom stereocenters. The number of nitrogens with zero attached hydrogens (tertiary/aromatic N) is 3. The molecule has 2 rings (SSSR count). The van der Waals surface area contributed by atoms with Gasteiger partial charge in [-0.2, -0.15) is 0 Å². The minimum Gasteiger partial charge on any atom is -0.550 e. The van der Waals surface area contributed by atoms with Gasteiger partial charge in [-0.3, -0.25) is 14.3 Å². The van der Waals surface area contributed by atoms with Crippen LogP contribution < -0.4 is 16.4 Å². The van der Waals surface area contributed by atoms with Gasteiger partial charge in [-0.05, 0) is 6.42 Å². The van der Waals surface area contributed by atoms with Crippen molar-refractivity contribution < 1.29 is 9.90 Å². The van der Waals surface area contributed by atoms with Crippen molar-refractivity contribution in [2.45, 2.75) is 19.4 Å². The molecular weight excluding hydrogens is 264 g/mol. The molecule has 0 radical (unpaired) electrons. The summed E-state index contributed by atoms with van der Waals surface area (Å²) < 4.78 is 2.75. The Hall–Kier alpha value is -2.64. The minimum absolute atomic E-state index is 0.110. The molecule has 2 aromatic heterocycles. The Labute approximate surface area is 113 Å². The monoisotopic (exact) mass is 277 g/mol. The van der Waals surface area contributed by atoms with Crippen molar-refractivity contribution in [3.8, 4) is 0 Å². The third-order valence-electron chi connectivity index (χ3n) is 2.95. The number of allylic oxidation sites excluding steroid dienone is 1. The molecule has 0 fully saturated rings. The predicted octanol–water partition coefficient (Wildman–Crippen LogP) is -1.71. The van der Waals surface area contributed by atoms with Crippen LogP contribution in [0.25, 0.3) is 11.2 Å². The number of hydrogen-bond acceptors (Lipinski definition) is 5. The first kappa shape index (κ1) is 13.8. The number of aromatic nitrogens is 4. The van der Waals surface area contributed by atoms with Crippen LogP contribution in [0.4, 0.5) is 0 Å². The van der Waals surface area contributed by atoms with Gasteiger partial charge in [0, 0.05) is 26.0 Å². The number of carboxylic acid groups (broad SMARTS) is 1. The van der Waals surface area contributed by atoms with E-state index in [0.29, 0.717) is 12.4 Å². The number of carbonyl (C=O) groups is 1. The lowest BCUT2D eigenvalue weighted by atomic mass is 10.3. The third-order valence-corrected chi connectivity index (χ3v) is 2.95. The Morgan fingerprint density at radius 3 is 2.80 bits per heavy atom. The van der Waals surface area contributed by atoms with Gasteiger partial charge in [-0.25, -0.2) is 9.78 Å². The Kier molecular flexibility index (Phi) is 3.55. The van der Waals surface area contributed by atoms with Gasteiger partial charge in [0.2, 0.25) is 0 Å². The molecule has 0 saturated carbocycles. The number of rotatable bonds is 5. The van der Waals surface area contributed by atoms with Crippen LogP contribution in [0.5, 0.6) is 0 Å². The van der Waals surface area contributed by atoms with Crippen LogP contribution >= 0.6 is 0 Å². The molecule has 0 aliphatic heterocycles. The van der Waals surface area contributed by atoms with Crippen molar-refractivity contribution in [1.29, 1.82) is 0 Å². The Balaban J connectivity index is 2.72. The average molecular weight is 277 g/mol. The number of aryl methyl sites for hydroxylation is 2. The smallest absolute Gasteiger partial charge is 0.329 e. The van der Waals surface area contributed by atoms with Crippen LogP contribution in [0.1, 0.15) is 12.2 Å². The number of fused-ring (bicyclic) bond motifs is 1. The van der Waals surface area contributed by atoms with Crippen LogP contribution in [0, 0.1) is 0 Å². The van der Waals surface area contributed by atoms with E-state index >= 15 is 0 Å². The number of aromatic amines is 1. The summed E-state index contributed by atoms with van der Waals surface area (Å²) in [5.74, 6) is -0.805. The minimum atomic E-state index is -1.20. The summed E-state index contributed by atoms with van der Waals surface area (Å²) in [6.45, 7) is 3.88. The van der Waals surface area contributed by atoms with E-state index in [2.05, 4.69) is 16.5 Å². The number of carboxylic acids is 1. The first-order valence-corrected chi connectivity index (χ1v) is 5.95. The fourth-order valence-corrected chi connectivity index (χ4v) is 2.01. The maximum absolute atomic E-state index is 11.9. The van der Waals surface area contributed by atoms with E-state index < -0.39 is 17.2 Å². The molecule has 2 heterocycles. The van der Waals surface area contributed by atoms with E-state index in [4.69, 9.17) is 0 Å². The molecule has 0 saturated heterocycles. The molecule has 1 N–H and O–H groups in total. The first-order valence-electron chi connectivity index (χ1n) is 5.95. The number of carbonyl (C=O) groups excluding carboxylic acids is 1. The molecule has 0 aromatic carbocycles. The zero-order valence-corrected chi connectivity index (χ0v) is 10.9. The van der Waals surface area contributed by atoms with Crippen LogP contribution in [0.3, 0.4) is 0 Å². The zero-order chi connectivity index (χ0) is 14.9. The predicted molar refractivity (Wildman–Crippen MR) is 69.1 cm³/mol. The SMILES string of the molecule is C=CCn1c(CCC(=O)[O-])nc2c1c(=O)[nH]c(=O)n2C. The molecule has 0 unspecified atom stereocenters. The number of imidazole rings is 1. The van der Waals surface area contributed by atoms with Crippen LogP contribution in [0.2, 0.25) is 0 Å². The summed E-state index contributed by atoms with van der Waals surface area (Å²) >= 11 is 0. The van der Waals surface area contributed by atoms with Crippen molar-refractivity contribution in [2.75, 3.05) is 0 Å². The molecule has 8 nitrogen and oxygen atoms in total. The summed E-state index contributed by atoms with van der Waals surface area (Å²) in [7, 11) is 1.48. The Morgan fingerprint density at radius 1 is 1.50 bits per heavy atom. The topological polar surface area (TPSA) is 113 Å². The van der Waals surface area contributed by atoms with Crippen LogP contribution in [-0.4, -0.2) is 25.1 Å². The second-order valence-electron chi connectivity index (χ2n) is 4.29. The number of hydrogen-bond donors (Lipinski definition) is 1. The lowest BCUT2D eigenvalue weighted by Crippen LogP contribution is -2.29. The second kappa shape index (κ2) is 5.16. The molecule has 0 amide bonds. The van der Waals surface area contributed by atoms with Crippen molar-refractivity contribution in [1.82, 2.24) is 19.1 Å². The van der Waals surface area contributed by atoms with E-state index in [-0.39, 0.29) is 24.0 Å². The maximum Gasteiger partial charge on any atom is 0.329 e. The molecule has 106 valence electrons. The first-order chi connectivity index (χ1) is 9.45. The number of aliphatic carboxylic acids is 1. The molecule has 0 aliphatic rings. The lowest BCUT2D eigenvalue weighted by Gasteiger charge is -2.06. The van der Waals surface area contributed by atoms with Gasteiger partial charge in [-0.15, -0.1) is 6.58 Å². The quantitative estimate of drug-likeness (QED) is 0.654. The average Bonchev–Trinajstić information content (AvgIpc) is 2.74. The van der Waals surface area contributed by atoms with Gasteiger partial charge in [0.05, 0.1) is 0 Å². The van der Waals surface area contributed by atoms with Crippen molar-refractivity contribution in [2.24, 2.45) is 7.05 Å². The highest BCUT2D eigenvalue weighted by Crippen LogP contribution is 2.12. The highest BCUT2D eigenvalue weighted by molar-refractivity contribution is 5.71. The highest BCUT2D eigenvalue weighted by atomic mass is 16.4. The molecule has 20 heavy (non-hydrogen) atoms. The number of H-pyrrole nitrogens is 1. The fraction of sp³-hybridized carbons (Fsp3) is 0.333. The summed E-state index contributed by atoms with van der Waals surface area (Å²) in [6.07, 6.45) is 1.46. The van der Waals surface area contributed by atoms with Crippen LogP contribution in [-0.2, 0) is 24.8 Å². The molecule has 2 aromatic rings. The van der Waals surface area contributed by atoms with Gasteiger partial charge in [0.1, 0.15) is 5.82 Å². The molecule has 0 aliphatic carbocycles. The van der Waals surface area contributed by atoms with Crippen molar-refractivity contribution >= 4 is 17.1 Å². The third kappa shape index (κ3) is 2.27. The van der Waals surface area contributed by atoms with E-state index in [1.165, 1.54) is 11.6 Å². The fourth-order valence-electron chi connectivity index (χ4n) is 2.01. The summed E-state index contributed by atoms with van der Waals surface area (Å²) in [5, 5.41) is 10.6. The van der Waals surface area contributed by atoms with Crippen molar-refractivity contribution in [3.63, 3.8) is 0 Å². The molecular formula is C12H13N4O4-. The van der Waals surface area contributed by atoms with E-state index in [1.54, 1.807) is 10.6 Å². The summed E-state index contributed by atoms with van der Waals surface area (Å²) in [5.41, 5.74) is -0.691. The summed E-state index contributed by atoms with van der Waals surface area (Å²) in [4.78, 5) is 40.4. The van der Waals surface area contributed by atoms with E-state index in [9.17, 15) is 19.5 Å². The van der Waals surface area contributed by atoms with E-state index in [1.807, 2.05) is 0 Å². The Morgan fingerprint density at radius 2 is 2.20 bits per heavy atom. The summed E-state index contributed by atoms with van der Waals surface area (Å²) in [6, 6.07) is 0. The number of nitrogens with one attached hydrogen (secondary N) is 1. The van der Waals surface area contributed by atoms with Gasteiger partial charge >= 0.3 is 5.69 Å². The maximum atomic E-state index is 11.9. The molecule has 0 spiro atoms. The second-order valence-corrected chi connectivity index (χ2v) is 4.29. The molecule has 0 bridgehead atoms. The van der Waals surface area contributed by atoms with E-state index in [0.717, 1.165) is 0 Å². The normalized spacial score (nSPS) is 10.8. The highest BCUT2D eigenvalue weighted by Gasteiger charge is 2.16. The Bertz CT molecular complexity index is 796.